The smallest absolute Gasteiger partial charge is 0.189 e. The molecular weight excluding hydrogens is 282 g/mol. The van der Waals surface area contributed by atoms with E-state index in [9.17, 15) is 0 Å². The molecular formula is C13H18BrNO2. The van der Waals surface area contributed by atoms with E-state index < -0.39 is 0 Å². The van der Waals surface area contributed by atoms with Crippen LogP contribution in [0.25, 0.3) is 0 Å². The molecule has 4 heteroatoms. The standard InChI is InChI=1S/C13H18BrNO2/c14-12-3-4-13(11(7-12)5-6-15)17-9-16-8-10-1-2-10/h3-4,7,10H,1-2,5-6,8-9,15H2. The van der Waals surface area contributed by atoms with Crippen LogP contribution >= 0.6 is 15.9 Å². The zero-order valence-electron chi connectivity index (χ0n) is 9.82. The van der Waals surface area contributed by atoms with Crippen LogP contribution in [0.5, 0.6) is 5.75 Å². The number of ether oxygens (including phenoxy) is 2. The highest BCUT2D eigenvalue weighted by molar-refractivity contribution is 9.10. The van der Waals surface area contributed by atoms with E-state index in [-0.39, 0.29) is 0 Å². The van der Waals surface area contributed by atoms with Crippen molar-refractivity contribution in [2.75, 3.05) is 19.9 Å². The van der Waals surface area contributed by atoms with Gasteiger partial charge in [-0.05, 0) is 55.5 Å². The van der Waals surface area contributed by atoms with Gasteiger partial charge in [-0.3, -0.25) is 0 Å². The van der Waals surface area contributed by atoms with Gasteiger partial charge < -0.3 is 15.2 Å². The Labute approximate surface area is 110 Å². The van der Waals surface area contributed by atoms with E-state index in [1.54, 1.807) is 0 Å². The van der Waals surface area contributed by atoms with Crippen LogP contribution in [0, 0.1) is 5.92 Å². The van der Waals surface area contributed by atoms with Crippen molar-refractivity contribution in [1.29, 1.82) is 0 Å². The third kappa shape index (κ3) is 4.30. The summed E-state index contributed by atoms with van der Waals surface area (Å²) in [6.45, 7) is 1.77. The van der Waals surface area contributed by atoms with E-state index in [4.69, 9.17) is 15.2 Å². The van der Waals surface area contributed by atoms with Crippen molar-refractivity contribution in [2.45, 2.75) is 19.3 Å². The lowest BCUT2D eigenvalue weighted by molar-refractivity contribution is 0.00947. The van der Waals surface area contributed by atoms with E-state index in [1.807, 2.05) is 18.2 Å². The first-order chi connectivity index (χ1) is 8.29. The molecule has 1 saturated carbocycles. The topological polar surface area (TPSA) is 44.5 Å². The van der Waals surface area contributed by atoms with Crippen LogP contribution < -0.4 is 10.5 Å². The molecule has 1 fully saturated rings. The largest absolute Gasteiger partial charge is 0.467 e. The van der Waals surface area contributed by atoms with Gasteiger partial charge in [0.2, 0.25) is 0 Å². The van der Waals surface area contributed by atoms with Crippen LogP contribution in [-0.4, -0.2) is 19.9 Å². The van der Waals surface area contributed by atoms with Crippen molar-refractivity contribution in [3.63, 3.8) is 0 Å². The maximum Gasteiger partial charge on any atom is 0.189 e. The molecule has 0 atom stereocenters. The Balaban J connectivity index is 1.84. The van der Waals surface area contributed by atoms with E-state index in [0.29, 0.717) is 13.3 Å². The van der Waals surface area contributed by atoms with Gasteiger partial charge in [-0.2, -0.15) is 0 Å². The van der Waals surface area contributed by atoms with E-state index in [2.05, 4.69) is 15.9 Å². The van der Waals surface area contributed by atoms with Crippen LogP contribution in [-0.2, 0) is 11.2 Å². The molecule has 94 valence electrons. The van der Waals surface area contributed by atoms with E-state index in [1.165, 1.54) is 12.8 Å². The molecule has 0 bridgehead atoms. The van der Waals surface area contributed by atoms with Gasteiger partial charge in [-0.1, -0.05) is 15.9 Å². The monoisotopic (exact) mass is 299 g/mol. The van der Waals surface area contributed by atoms with Gasteiger partial charge in [0.05, 0.1) is 6.61 Å². The van der Waals surface area contributed by atoms with Gasteiger partial charge >= 0.3 is 0 Å². The fourth-order valence-electron chi connectivity index (χ4n) is 1.64. The Kier molecular flexibility index (Phi) is 4.83. The molecule has 0 aromatic heterocycles. The van der Waals surface area contributed by atoms with Crippen LogP contribution in [0.15, 0.2) is 22.7 Å². The van der Waals surface area contributed by atoms with Crippen LogP contribution in [0.1, 0.15) is 18.4 Å². The first-order valence-electron chi connectivity index (χ1n) is 5.98. The number of hydrogen-bond acceptors (Lipinski definition) is 3. The van der Waals surface area contributed by atoms with Crippen molar-refractivity contribution >= 4 is 15.9 Å². The second kappa shape index (κ2) is 6.38. The van der Waals surface area contributed by atoms with Crippen LogP contribution in [0.4, 0.5) is 0 Å². The second-order valence-electron chi connectivity index (χ2n) is 4.37. The Morgan fingerprint density at radius 3 is 2.88 bits per heavy atom. The summed E-state index contributed by atoms with van der Waals surface area (Å²) in [5.74, 6) is 1.64. The molecule has 0 radical (unpaired) electrons. The summed E-state index contributed by atoms with van der Waals surface area (Å²) in [5.41, 5.74) is 6.70. The zero-order valence-corrected chi connectivity index (χ0v) is 11.4. The summed E-state index contributed by atoms with van der Waals surface area (Å²) in [4.78, 5) is 0. The van der Waals surface area contributed by atoms with Crippen molar-refractivity contribution in [2.24, 2.45) is 11.7 Å². The highest BCUT2D eigenvalue weighted by Crippen LogP contribution is 2.29. The summed E-state index contributed by atoms with van der Waals surface area (Å²) in [5, 5.41) is 0. The lowest BCUT2D eigenvalue weighted by Gasteiger charge is -2.11. The summed E-state index contributed by atoms with van der Waals surface area (Å²) in [7, 11) is 0. The average molecular weight is 300 g/mol. The molecule has 0 aliphatic heterocycles. The molecule has 1 aliphatic rings. The molecule has 1 aliphatic carbocycles. The molecule has 0 unspecified atom stereocenters. The van der Waals surface area contributed by atoms with Gasteiger partial charge in [0, 0.05) is 4.47 Å². The predicted octanol–water partition coefficient (Wildman–Crippen LogP) is 2.71. The fourth-order valence-corrected chi connectivity index (χ4v) is 2.05. The first-order valence-corrected chi connectivity index (χ1v) is 6.78. The van der Waals surface area contributed by atoms with E-state index >= 15 is 0 Å². The lowest BCUT2D eigenvalue weighted by atomic mass is 10.1. The normalized spacial score (nSPS) is 14.9. The fraction of sp³-hybridized carbons (Fsp3) is 0.538. The third-order valence-electron chi connectivity index (χ3n) is 2.78. The number of nitrogens with two attached hydrogens (primary N) is 1. The first kappa shape index (κ1) is 12.9. The van der Waals surface area contributed by atoms with Crippen LogP contribution in [0.3, 0.4) is 0 Å². The molecule has 17 heavy (non-hydrogen) atoms. The summed E-state index contributed by atoms with van der Waals surface area (Å²) >= 11 is 3.45. The van der Waals surface area contributed by atoms with Gasteiger partial charge in [-0.25, -0.2) is 0 Å². The maximum absolute atomic E-state index is 5.62. The second-order valence-corrected chi connectivity index (χ2v) is 5.28. The Hall–Kier alpha value is -0.580. The zero-order chi connectivity index (χ0) is 12.1. The molecule has 0 heterocycles. The third-order valence-corrected chi connectivity index (χ3v) is 3.28. The molecule has 1 aromatic carbocycles. The molecule has 3 nitrogen and oxygen atoms in total. The van der Waals surface area contributed by atoms with Gasteiger partial charge in [-0.15, -0.1) is 0 Å². The van der Waals surface area contributed by atoms with Gasteiger partial charge in [0.15, 0.2) is 6.79 Å². The summed E-state index contributed by atoms with van der Waals surface area (Å²) in [6.07, 6.45) is 3.42. The van der Waals surface area contributed by atoms with Gasteiger partial charge in [0.25, 0.3) is 0 Å². The summed E-state index contributed by atoms with van der Waals surface area (Å²) < 4.78 is 12.1. The highest BCUT2D eigenvalue weighted by atomic mass is 79.9. The Morgan fingerprint density at radius 1 is 1.35 bits per heavy atom. The Bertz CT molecular complexity index is 366. The van der Waals surface area contributed by atoms with Crippen molar-refractivity contribution in [3.8, 4) is 5.75 Å². The van der Waals surface area contributed by atoms with Crippen LogP contribution in [0.2, 0.25) is 0 Å². The highest BCUT2D eigenvalue weighted by Gasteiger charge is 2.21. The molecule has 2 N–H and O–H groups in total. The molecule has 2 rings (SSSR count). The minimum absolute atomic E-state index is 0.329. The minimum atomic E-state index is 0.329. The summed E-state index contributed by atoms with van der Waals surface area (Å²) in [6, 6.07) is 5.97. The molecule has 1 aromatic rings. The lowest BCUT2D eigenvalue weighted by Crippen LogP contribution is -2.09. The minimum Gasteiger partial charge on any atom is -0.467 e. The van der Waals surface area contributed by atoms with Gasteiger partial charge in [0.1, 0.15) is 5.75 Å². The molecule has 0 spiro atoms. The van der Waals surface area contributed by atoms with Crippen molar-refractivity contribution in [3.05, 3.63) is 28.2 Å². The number of rotatable bonds is 7. The van der Waals surface area contributed by atoms with Crippen molar-refractivity contribution < 1.29 is 9.47 Å². The average Bonchev–Trinajstić information content (AvgIpc) is 3.11. The number of halogens is 1. The predicted molar refractivity (Wildman–Crippen MR) is 71.1 cm³/mol. The number of benzene rings is 1. The number of hydrogen-bond donors (Lipinski definition) is 1. The van der Waals surface area contributed by atoms with Crippen molar-refractivity contribution in [1.82, 2.24) is 0 Å². The Morgan fingerprint density at radius 2 is 2.18 bits per heavy atom. The quantitative estimate of drug-likeness (QED) is 0.622. The molecule has 0 saturated heterocycles. The SMILES string of the molecule is NCCc1cc(Br)ccc1OCOCC1CC1. The maximum atomic E-state index is 5.62. The molecule has 0 amide bonds. The van der Waals surface area contributed by atoms with E-state index in [0.717, 1.165) is 34.7 Å².